The van der Waals surface area contributed by atoms with E-state index in [-0.39, 0.29) is 5.56 Å². The average Bonchev–Trinajstić information content (AvgIpc) is 2.95. The van der Waals surface area contributed by atoms with Crippen LogP contribution in [0, 0.1) is 12.7 Å². The van der Waals surface area contributed by atoms with E-state index in [2.05, 4.69) is 15.1 Å². The van der Waals surface area contributed by atoms with Gasteiger partial charge in [-0.25, -0.2) is 23.8 Å². The van der Waals surface area contributed by atoms with Crippen molar-refractivity contribution in [2.75, 3.05) is 0 Å². The number of carbonyl (C=O) groups excluding carboxylic acids is 1. The molecule has 3 aromatic rings. The lowest BCUT2D eigenvalue weighted by molar-refractivity contribution is 0.0980. The van der Waals surface area contributed by atoms with E-state index in [1.165, 1.54) is 6.07 Å². The molecule has 3 heterocycles. The molecule has 1 amide bonds. The quantitative estimate of drug-likeness (QED) is 0.751. The Bertz CT molecular complexity index is 1060. The Morgan fingerprint density at radius 3 is 2.72 bits per heavy atom. The van der Waals surface area contributed by atoms with E-state index >= 15 is 0 Å². The molecule has 8 nitrogen and oxygen atoms in total. The molecule has 0 radical (unpaired) electrons. The minimum Gasteiger partial charge on any atom is -0.268 e. The minimum absolute atomic E-state index is 0.105. The number of aryl methyl sites for hydroxylation is 2. The monoisotopic (exact) mass is 363 g/mol. The van der Waals surface area contributed by atoms with Gasteiger partial charge in [0.05, 0.1) is 23.7 Å². The number of sulfonamides is 1. The van der Waals surface area contributed by atoms with Crippen LogP contribution in [0.15, 0.2) is 35.6 Å². The number of pyridine rings is 2. The summed E-state index contributed by atoms with van der Waals surface area (Å²) < 4.78 is 40.9. The third-order valence-corrected chi connectivity index (χ3v) is 4.80. The van der Waals surface area contributed by atoms with E-state index in [1.54, 1.807) is 17.8 Å². The highest BCUT2D eigenvalue weighted by Crippen LogP contribution is 2.17. The Morgan fingerprint density at radius 1 is 1.32 bits per heavy atom. The van der Waals surface area contributed by atoms with Crippen LogP contribution in [0.2, 0.25) is 0 Å². The molecule has 130 valence electrons. The number of fused-ring (bicyclic) bond motifs is 1. The van der Waals surface area contributed by atoms with Crippen LogP contribution < -0.4 is 4.72 Å². The molecular formula is C15H14FN5O3S. The van der Waals surface area contributed by atoms with Crippen LogP contribution in [0.5, 0.6) is 0 Å². The molecule has 0 aliphatic carbocycles. The first-order valence-electron chi connectivity index (χ1n) is 7.33. The lowest BCUT2D eigenvalue weighted by Crippen LogP contribution is -2.31. The number of hydrogen-bond acceptors (Lipinski definition) is 6. The van der Waals surface area contributed by atoms with Crippen molar-refractivity contribution in [1.29, 1.82) is 0 Å². The molecular weight excluding hydrogens is 349 g/mol. The van der Waals surface area contributed by atoms with Gasteiger partial charge in [0, 0.05) is 11.9 Å². The summed E-state index contributed by atoms with van der Waals surface area (Å²) in [6.45, 7) is 4.13. The van der Waals surface area contributed by atoms with Gasteiger partial charge in [0.15, 0.2) is 10.7 Å². The number of nitrogens with zero attached hydrogens (tertiary/aromatic N) is 4. The van der Waals surface area contributed by atoms with Crippen molar-refractivity contribution in [2.24, 2.45) is 0 Å². The standard InChI is InChI=1S/C15H14FN5O3S/c1-3-21-14-10(7-18-21)6-12(9(2)19-14)15(22)20-25(23,24)13-5-4-11(16)8-17-13/h4-8H,3H2,1-2H3,(H,20,22). The SMILES string of the molecule is CCn1ncc2cc(C(=O)NS(=O)(=O)c3ccc(F)cn3)c(C)nc21. The van der Waals surface area contributed by atoms with Gasteiger partial charge in [0.2, 0.25) is 0 Å². The molecule has 0 aliphatic rings. The summed E-state index contributed by atoms with van der Waals surface area (Å²) in [5, 5.41) is 4.31. The van der Waals surface area contributed by atoms with Gasteiger partial charge in [0.25, 0.3) is 15.9 Å². The molecule has 3 rings (SSSR count). The predicted molar refractivity (Wildman–Crippen MR) is 86.8 cm³/mol. The van der Waals surface area contributed by atoms with Crippen molar-refractivity contribution in [3.05, 3.63) is 47.7 Å². The number of carbonyl (C=O) groups is 1. The van der Waals surface area contributed by atoms with Crippen molar-refractivity contribution in [3.63, 3.8) is 0 Å². The van der Waals surface area contributed by atoms with Crippen LogP contribution in [-0.4, -0.2) is 34.1 Å². The maximum absolute atomic E-state index is 12.9. The van der Waals surface area contributed by atoms with Gasteiger partial charge in [-0.1, -0.05) is 0 Å². The number of aromatic nitrogens is 4. The average molecular weight is 363 g/mol. The van der Waals surface area contributed by atoms with E-state index in [0.29, 0.717) is 23.3 Å². The Hall–Kier alpha value is -2.88. The van der Waals surface area contributed by atoms with Crippen LogP contribution >= 0.6 is 0 Å². The highest BCUT2D eigenvalue weighted by atomic mass is 32.2. The largest absolute Gasteiger partial charge is 0.281 e. The van der Waals surface area contributed by atoms with Crippen LogP contribution in [-0.2, 0) is 16.6 Å². The molecule has 3 aromatic heterocycles. The number of amides is 1. The summed E-state index contributed by atoms with van der Waals surface area (Å²) >= 11 is 0. The van der Waals surface area contributed by atoms with Gasteiger partial charge in [-0.05, 0) is 32.0 Å². The number of hydrogen-bond donors (Lipinski definition) is 1. The molecule has 0 bridgehead atoms. The highest BCUT2D eigenvalue weighted by molar-refractivity contribution is 7.90. The number of rotatable bonds is 4. The smallest absolute Gasteiger partial charge is 0.268 e. The predicted octanol–water partition coefficient (Wildman–Crippen LogP) is 1.41. The van der Waals surface area contributed by atoms with Gasteiger partial charge >= 0.3 is 0 Å². The summed E-state index contributed by atoms with van der Waals surface area (Å²) in [7, 11) is -4.22. The van der Waals surface area contributed by atoms with Gasteiger partial charge in [-0.15, -0.1) is 0 Å². The maximum Gasteiger partial charge on any atom is 0.281 e. The molecule has 0 aliphatic heterocycles. The molecule has 0 aromatic carbocycles. The van der Waals surface area contributed by atoms with Gasteiger partial charge in [0.1, 0.15) is 5.82 Å². The topological polar surface area (TPSA) is 107 Å². The van der Waals surface area contributed by atoms with Gasteiger partial charge in [-0.3, -0.25) is 4.79 Å². The Morgan fingerprint density at radius 2 is 2.08 bits per heavy atom. The van der Waals surface area contributed by atoms with E-state index in [1.807, 2.05) is 11.6 Å². The maximum atomic E-state index is 12.9. The molecule has 1 N–H and O–H groups in total. The van der Waals surface area contributed by atoms with Crippen molar-refractivity contribution in [3.8, 4) is 0 Å². The first-order valence-corrected chi connectivity index (χ1v) is 8.82. The first kappa shape index (κ1) is 17.0. The van der Waals surface area contributed by atoms with Crippen molar-refractivity contribution in [2.45, 2.75) is 25.4 Å². The molecule has 0 saturated carbocycles. The molecule has 0 atom stereocenters. The summed E-state index contributed by atoms with van der Waals surface area (Å²) in [5.74, 6) is -1.52. The number of halogens is 1. The fourth-order valence-electron chi connectivity index (χ4n) is 2.31. The van der Waals surface area contributed by atoms with Crippen LogP contribution in [0.3, 0.4) is 0 Å². The zero-order valence-corrected chi connectivity index (χ0v) is 14.2. The Labute approximate surface area is 142 Å². The lowest BCUT2D eigenvalue weighted by atomic mass is 10.1. The van der Waals surface area contributed by atoms with E-state index in [0.717, 1.165) is 18.3 Å². The molecule has 0 fully saturated rings. The molecule has 25 heavy (non-hydrogen) atoms. The summed E-state index contributed by atoms with van der Waals surface area (Å²) in [4.78, 5) is 20.2. The fourth-order valence-corrected chi connectivity index (χ4v) is 3.21. The summed E-state index contributed by atoms with van der Waals surface area (Å²) in [6.07, 6.45) is 2.31. The normalized spacial score (nSPS) is 11.6. The van der Waals surface area contributed by atoms with E-state index in [9.17, 15) is 17.6 Å². The van der Waals surface area contributed by atoms with Crippen LogP contribution in [0.25, 0.3) is 11.0 Å². The zero-order chi connectivity index (χ0) is 18.2. The van der Waals surface area contributed by atoms with Crippen molar-refractivity contribution < 1.29 is 17.6 Å². The molecule has 10 heteroatoms. The van der Waals surface area contributed by atoms with E-state index < -0.39 is 26.8 Å². The third kappa shape index (κ3) is 3.20. The molecule has 0 unspecified atom stereocenters. The van der Waals surface area contributed by atoms with Crippen molar-refractivity contribution in [1.82, 2.24) is 24.5 Å². The second-order valence-electron chi connectivity index (χ2n) is 5.24. The first-order chi connectivity index (χ1) is 11.8. The summed E-state index contributed by atoms with van der Waals surface area (Å²) in [5.41, 5.74) is 1.08. The molecule has 0 spiro atoms. The number of nitrogens with one attached hydrogen (secondary N) is 1. The second kappa shape index (κ2) is 6.20. The Balaban J connectivity index is 1.94. The second-order valence-corrected chi connectivity index (χ2v) is 6.87. The minimum atomic E-state index is -4.22. The van der Waals surface area contributed by atoms with Crippen LogP contribution in [0.4, 0.5) is 4.39 Å². The third-order valence-electron chi connectivity index (χ3n) is 3.55. The fraction of sp³-hybridized carbons (Fsp3) is 0.200. The highest BCUT2D eigenvalue weighted by Gasteiger charge is 2.22. The van der Waals surface area contributed by atoms with Crippen LogP contribution in [0.1, 0.15) is 23.0 Å². The van der Waals surface area contributed by atoms with Gasteiger partial charge < -0.3 is 0 Å². The van der Waals surface area contributed by atoms with E-state index in [4.69, 9.17) is 0 Å². The van der Waals surface area contributed by atoms with Crippen molar-refractivity contribution >= 4 is 27.0 Å². The summed E-state index contributed by atoms with van der Waals surface area (Å²) in [6, 6.07) is 3.45. The lowest BCUT2D eigenvalue weighted by Gasteiger charge is -2.08. The Kier molecular flexibility index (Phi) is 4.21. The molecule has 0 saturated heterocycles. The van der Waals surface area contributed by atoms with Gasteiger partial charge in [-0.2, -0.15) is 13.5 Å². The zero-order valence-electron chi connectivity index (χ0n) is 13.4.